The van der Waals surface area contributed by atoms with Crippen molar-refractivity contribution in [2.24, 2.45) is 0 Å². The van der Waals surface area contributed by atoms with Gasteiger partial charge in [-0.3, -0.25) is 4.79 Å². The number of hydrogen-bond acceptors (Lipinski definition) is 6. The lowest BCUT2D eigenvalue weighted by Crippen LogP contribution is -2.57. The van der Waals surface area contributed by atoms with E-state index in [0.29, 0.717) is 30.2 Å². The second-order valence-electron chi connectivity index (χ2n) is 12.8. The monoisotopic (exact) mass is 750 g/mol. The average Bonchev–Trinajstić information content (AvgIpc) is 3.41. The van der Waals surface area contributed by atoms with Crippen LogP contribution in [0.15, 0.2) is 55.3 Å². The molecule has 2 aromatic rings. The normalized spacial score (nSPS) is 18.1. The molecule has 0 spiro atoms. The standard InChI is InChI=1S/C34H44FIN2O6Si/c1-8-17-43-33(40)38-27-21-30(42-18-11-9-10-16-36)29(41-5)20-26(27)31(39)37-22-24(23-12-14-25(35)15-13-23)19-28(37)32(38)44-45(6,7)34(2,3)4/h8,12-15,20-22,28,32H,1,9-11,16-19H2,2-7H3/t28-,32?/m0/s1. The van der Waals surface area contributed by atoms with Gasteiger partial charge in [0.25, 0.3) is 5.91 Å². The van der Waals surface area contributed by atoms with Crippen molar-refractivity contribution >= 4 is 54.2 Å². The first kappa shape index (κ1) is 35.0. The number of rotatable bonds is 12. The van der Waals surface area contributed by atoms with Crippen molar-refractivity contribution in [2.45, 2.75) is 76.9 Å². The van der Waals surface area contributed by atoms with Gasteiger partial charge in [0.05, 0.1) is 31.0 Å². The summed E-state index contributed by atoms with van der Waals surface area (Å²) in [5.74, 6) is 0.150. The highest BCUT2D eigenvalue weighted by Gasteiger charge is 2.51. The summed E-state index contributed by atoms with van der Waals surface area (Å²) in [5.41, 5.74) is 2.20. The third-order valence-electron chi connectivity index (χ3n) is 8.66. The quantitative estimate of drug-likeness (QED) is 0.0712. The zero-order chi connectivity index (χ0) is 32.9. The Labute approximate surface area is 280 Å². The highest BCUT2D eigenvalue weighted by molar-refractivity contribution is 14.1. The molecule has 0 N–H and O–H groups in total. The fourth-order valence-corrected chi connectivity index (χ4v) is 6.91. The van der Waals surface area contributed by atoms with Crippen LogP contribution in [0.4, 0.5) is 14.9 Å². The Morgan fingerprint density at radius 1 is 1.13 bits per heavy atom. The van der Waals surface area contributed by atoms with Crippen LogP contribution in [0.5, 0.6) is 11.5 Å². The summed E-state index contributed by atoms with van der Waals surface area (Å²) >= 11 is 2.36. The van der Waals surface area contributed by atoms with E-state index >= 15 is 0 Å². The van der Waals surface area contributed by atoms with Crippen molar-refractivity contribution in [3.8, 4) is 11.5 Å². The molecule has 2 atom stereocenters. The van der Waals surface area contributed by atoms with Crippen LogP contribution in [0.25, 0.3) is 5.57 Å². The maximum absolute atomic E-state index is 14.4. The summed E-state index contributed by atoms with van der Waals surface area (Å²) < 4.78 is 39.4. The van der Waals surface area contributed by atoms with E-state index in [4.69, 9.17) is 18.6 Å². The summed E-state index contributed by atoms with van der Waals surface area (Å²) in [5, 5.41) is -0.203. The first-order chi connectivity index (χ1) is 21.3. The van der Waals surface area contributed by atoms with Gasteiger partial charge < -0.3 is 23.5 Å². The molecular formula is C34H44FIN2O6Si. The van der Waals surface area contributed by atoms with Crippen LogP contribution in [0.1, 0.15) is 62.4 Å². The van der Waals surface area contributed by atoms with Gasteiger partial charge in [0, 0.05) is 12.3 Å². The second-order valence-corrected chi connectivity index (χ2v) is 18.6. The van der Waals surface area contributed by atoms with Gasteiger partial charge in [-0.1, -0.05) is 68.1 Å². The summed E-state index contributed by atoms with van der Waals surface area (Å²) in [6.45, 7) is 14.7. The van der Waals surface area contributed by atoms with E-state index in [2.05, 4.69) is 63.0 Å². The number of nitrogens with zero attached hydrogens (tertiary/aromatic N) is 2. The first-order valence-corrected chi connectivity index (χ1v) is 19.7. The van der Waals surface area contributed by atoms with Crippen molar-refractivity contribution in [1.82, 2.24) is 4.90 Å². The number of fused-ring (bicyclic) bond motifs is 2. The predicted octanol–water partition coefficient (Wildman–Crippen LogP) is 8.56. The van der Waals surface area contributed by atoms with Crippen molar-refractivity contribution in [3.63, 3.8) is 0 Å². The minimum absolute atomic E-state index is 0.0186. The van der Waals surface area contributed by atoms with Crippen LogP contribution in [-0.4, -0.2) is 62.2 Å². The van der Waals surface area contributed by atoms with Gasteiger partial charge in [-0.25, -0.2) is 14.1 Å². The highest BCUT2D eigenvalue weighted by Crippen LogP contribution is 2.46. The lowest BCUT2D eigenvalue weighted by Gasteiger charge is -2.44. The van der Waals surface area contributed by atoms with Crippen molar-refractivity contribution in [1.29, 1.82) is 0 Å². The number of methoxy groups -OCH3 is 1. The molecule has 2 aliphatic heterocycles. The van der Waals surface area contributed by atoms with Gasteiger partial charge in [0.2, 0.25) is 0 Å². The number of amides is 2. The fraction of sp³-hybridized carbons (Fsp3) is 0.471. The third kappa shape index (κ3) is 7.74. The molecule has 45 heavy (non-hydrogen) atoms. The lowest BCUT2D eigenvalue weighted by atomic mass is 10.0. The zero-order valence-corrected chi connectivity index (χ0v) is 30.2. The molecule has 0 saturated heterocycles. The fourth-order valence-electron chi connectivity index (χ4n) is 5.15. The highest BCUT2D eigenvalue weighted by atomic mass is 127. The molecule has 4 rings (SSSR count). The molecule has 11 heteroatoms. The Balaban J connectivity index is 1.90. The van der Waals surface area contributed by atoms with E-state index in [0.717, 1.165) is 34.8 Å². The van der Waals surface area contributed by atoms with Crippen molar-refractivity contribution in [2.75, 3.05) is 29.7 Å². The van der Waals surface area contributed by atoms with Crippen LogP contribution in [0.2, 0.25) is 18.1 Å². The zero-order valence-electron chi connectivity index (χ0n) is 27.0. The van der Waals surface area contributed by atoms with E-state index in [-0.39, 0.29) is 28.9 Å². The minimum Gasteiger partial charge on any atom is -0.493 e. The number of halogens is 2. The van der Waals surface area contributed by atoms with Crippen LogP contribution < -0.4 is 14.4 Å². The van der Waals surface area contributed by atoms with Crippen LogP contribution in [0, 0.1) is 5.82 Å². The van der Waals surface area contributed by atoms with Crippen LogP contribution >= 0.6 is 22.6 Å². The maximum Gasteiger partial charge on any atom is 0.416 e. The van der Waals surface area contributed by atoms with E-state index in [1.54, 1.807) is 35.4 Å². The number of alkyl halides is 1. The number of benzene rings is 2. The van der Waals surface area contributed by atoms with Gasteiger partial charge >= 0.3 is 6.09 Å². The largest absolute Gasteiger partial charge is 0.493 e. The average molecular weight is 751 g/mol. The van der Waals surface area contributed by atoms with Gasteiger partial charge in [-0.05, 0) is 77.6 Å². The number of anilines is 1. The van der Waals surface area contributed by atoms with Gasteiger partial charge in [-0.2, -0.15) is 0 Å². The number of hydrogen-bond donors (Lipinski definition) is 0. The number of unbranched alkanes of at least 4 members (excludes halogenated alkanes) is 2. The molecule has 0 radical (unpaired) electrons. The molecule has 0 bridgehead atoms. The Bertz CT molecular complexity index is 1430. The van der Waals surface area contributed by atoms with Gasteiger partial charge in [-0.15, -0.1) is 0 Å². The van der Waals surface area contributed by atoms with Crippen LogP contribution in [0.3, 0.4) is 0 Å². The third-order valence-corrected chi connectivity index (χ3v) is 13.9. The summed E-state index contributed by atoms with van der Waals surface area (Å²) in [7, 11) is -1.02. The van der Waals surface area contributed by atoms with Crippen LogP contribution in [-0.2, 0) is 9.16 Å². The smallest absolute Gasteiger partial charge is 0.416 e. The molecule has 8 nitrogen and oxygen atoms in total. The molecule has 0 aliphatic carbocycles. The summed E-state index contributed by atoms with van der Waals surface area (Å²) in [4.78, 5) is 31.6. The minimum atomic E-state index is -2.55. The van der Waals surface area contributed by atoms with E-state index in [1.807, 2.05) is 0 Å². The van der Waals surface area contributed by atoms with Crippen molar-refractivity contribution in [3.05, 3.63) is 72.2 Å². The second kappa shape index (κ2) is 14.7. The molecule has 1 unspecified atom stereocenters. The van der Waals surface area contributed by atoms with E-state index < -0.39 is 26.7 Å². The molecule has 2 aromatic carbocycles. The molecule has 2 aliphatic rings. The topological polar surface area (TPSA) is 77.5 Å². The lowest BCUT2D eigenvalue weighted by molar-refractivity contribution is 0.0590. The molecular weight excluding hydrogens is 706 g/mol. The molecule has 2 amide bonds. The summed E-state index contributed by atoms with van der Waals surface area (Å²) in [6, 6.07) is 8.91. The molecule has 244 valence electrons. The Kier molecular flexibility index (Phi) is 11.4. The molecule has 2 heterocycles. The van der Waals surface area contributed by atoms with E-state index in [1.165, 1.54) is 30.2 Å². The molecule has 0 aromatic heterocycles. The number of ether oxygens (including phenoxy) is 3. The first-order valence-electron chi connectivity index (χ1n) is 15.3. The SMILES string of the molecule is C=CCOC(=O)N1c2cc(OCCCCCI)c(OC)cc2C(=O)N2C=C(c3ccc(F)cc3)C[C@H]2C1O[Si](C)(C)C(C)(C)C. The Morgan fingerprint density at radius 2 is 1.84 bits per heavy atom. The Hall–Kier alpha value is -2.90. The van der Waals surface area contributed by atoms with Crippen molar-refractivity contribution < 1.29 is 32.6 Å². The Morgan fingerprint density at radius 3 is 2.47 bits per heavy atom. The number of carbonyl (C=O) groups is 2. The molecule has 0 saturated carbocycles. The predicted molar refractivity (Wildman–Crippen MR) is 186 cm³/mol. The summed E-state index contributed by atoms with van der Waals surface area (Å²) in [6.07, 6.45) is 5.09. The van der Waals surface area contributed by atoms with Gasteiger partial charge in [0.1, 0.15) is 12.4 Å². The number of carbonyl (C=O) groups excluding carboxylic acids is 2. The van der Waals surface area contributed by atoms with Gasteiger partial charge in [0.15, 0.2) is 26.0 Å². The molecule has 0 fully saturated rings. The maximum atomic E-state index is 14.4. The van der Waals surface area contributed by atoms with E-state index in [9.17, 15) is 14.0 Å².